The fraction of sp³-hybridized carbons (Fsp3) is 0.118. The van der Waals surface area contributed by atoms with Crippen LogP contribution >= 0.6 is 0 Å². The lowest BCUT2D eigenvalue weighted by Gasteiger charge is -2.21. The van der Waals surface area contributed by atoms with Gasteiger partial charge in [0.15, 0.2) is 0 Å². The number of phenols is 4. The van der Waals surface area contributed by atoms with E-state index in [1.807, 2.05) is 48.5 Å². The lowest BCUT2D eigenvalue weighted by atomic mass is 9.84. The molecule has 0 radical (unpaired) electrons. The van der Waals surface area contributed by atoms with E-state index >= 15 is 0 Å². The van der Waals surface area contributed by atoms with E-state index in [0.717, 1.165) is 44.5 Å². The zero-order chi connectivity index (χ0) is 26.5. The van der Waals surface area contributed by atoms with Gasteiger partial charge in [-0.3, -0.25) is 0 Å². The highest BCUT2D eigenvalue weighted by atomic mass is 16.3. The van der Waals surface area contributed by atoms with Crippen LogP contribution in [0.4, 0.5) is 0 Å². The van der Waals surface area contributed by atoms with Crippen molar-refractivity contribution in [2.24, 2.45) is 0 Å². The van der Waals surface area contributed by atoms with Crippen molar-refractivity contribution in [2.75, 3.05) is 0 Å². The molecule has 4 nitrogen and oxygen atoms in total. The zero-order valence-corrected chi connectivity index (χ0v) is 21.0. The van der Waals surface area contributed by atoms with Gasteiger partial charge in [-0.1, -0.05) is 60.7 Å². The van der Waals surface area contributed by atoms with Crippen LogP contribution in [0.25, 0.3) is 0 Å². The van der Waals surface area contributed by atoms with E-state index in [2.05, 4.69) is 12.1 Å². The molecule has 0 amide bonds. The van der Waals surface area contributed by atoms with Crippen LogP contribution in [0.15, 0.2) is 109 Å². The number of phenolic OH excluding ortho intramolecular Hbond substituents is 4. The van der Waals surface area contributed by atoms with Crippen molar-refractivity contribution >= 4 is 0 Å². The Morgan fingerprint density at radius 1 is 0.342 bits per heavy atom. The third-order valence-corrected chi connectivity index (χ3v) is 6.82. The molecular weight excluding hydrogens is 472 g/mol. The van der Waals surface area contributed by atoms with Gasteiger partial charge in [-0.05, 0) is 119 Å². The summed E-state index contributed by atoms with van der Waals surface area (Å²) >= 11 is 0. The quantitative estimate of drug-likeness (QED) is 0.187. The van der Waals surface area contributed by atoms with Gasteiger partial charge in [0, 0.05) is 0 Å². The summed E-state index contributed by atoms with van der Waals surface area (Å²) in [5.41, 5.74) is 8.57. The van der Waals surface area contributed by atoms with Crippen LogP contribution in [-0.2, 0) is 25.7 Å². The van der Waals surface area contributed by atoms with Crippen LogP contribution in [0.5, 0.6) is 23.0 Å². The molecule has 0 heterocycles. The Kier molecular flexibility index (Phi) is 7.32. The van der Waals surface area contributed by atoms with Gasteiger partial charge in [0.2, 0.25) is 0 Å². The number of hydrogen-bond donors (Lipinski definition) is 4. The van der Waals surface area contributed by atoms with Crippen molar-refractivity contribution in [3.63, 3.8) is 0 Å². The number of rotatable bonds is 8. The zero-order valence-electron chi connectivity index (χ0n) is 21.0. The highest BCUT2D eigenvalue weighted by Crippen LogP contribution is 2.31. The first kappa shape index (κ1) is 25.0. The van der Waals surface area contributed by atoms with Gasteiger partial charge in [-0.2, -0.15) is 0 Å². The van der Waals surface area contributed by atoms with Crippen LogP contribution in [0, 0.1) is 0 Å². The van der Waals surface area contributed by atoms with Gasteiger partial charge in [-0.25, -0.2) is 0 Å². The Labute approximate surface area is 222 Å². The Morgan fingerprint density at radius 3 is 0.921 bits per heavy atom. The second-order valence-corrected chi connectivity index (χ2v) is 9.73. The molecule has 5 rings (SSSR count). The summed E-state index contributed by atoms with van der Waals surface area (Å²) in [6, 6.07) is 33.6. The molecule has 190 valence electrons. The third kappa shape index (κ3) is 6.16. The topological polar surface area (TPSA) is 80.9 Å². The van der Waals surface area contributed by atoms with Crippen LogP contribution in [0.1, 0.15) is 44.5 Å². The molecule has 4 N–H and O–H groups in total. The summed E-state index contributed by atoms with van der Waals surface area (Å²) in [5, 5.41) is 40.4. The number of benzene rings is 5. The van der Waals surface area contributed by atoms with Crippen LogP contribution in [-0.4, -0.2) is 20.4 Å². The van der Waals surface area contributed by atoms with Crippen molar-refractivity contribution < 1.29 is 20.4 Å². The van der Waals surface area contributed by atoms with Crippen LogP contribution in [0.2, 0.25) is 0 Å². The fourth-order valence-corrected chi connectivity index (χ4v) is 5.08. The number of hydrogen-bond acceptors (Lipinski definition) is 4. The first-order chi connectivity index (χ1) is 18.4. The summed E-state index contributed by atoms with van der Waals surface area (Å²) in [5.74, 6) is 0.917. The molecule has 0 fully saturated rings. The summed E-state index contributed by atoms with van der Waals surface area (Å²) < 4.78 is 0. The van der Waals surface area contributed by atoms with Crippen molar-refractivity contribution in [1.29, 1.82) is 0 Å². The summed E-state index contributed by atoms with van der Waals surface area (Å²) in [6.07, 6.45) is 2.51. The van der Waals surface area contributed by atoms with E-state index in [-0.39, 0.29) is 23.0 Å². The van der Waals surface area contributed by atoms with Crippen LogP contribution < -0.4 is 0 Å². The monoisotopic (exact) mass is 502 g/mol. The smallest absolute Gasteiger partial charge is 0.115 e. The van der Waals surface area contributed by atoms with Gasteiger partial charge >= 0.3 is 0 Å². The maximum atomic E-state index is 10.2. The first-order valence-corrected chi connectivity index (χ1v) is 12.7. The second-order valence-electron chi connectivity index (χ2n) is 9.73. The molecule has 0 atom stereocenters. The Bertz CT molecular complexity index is 1450. The standard InChI is InChI=1S/C34H30O4/c35-29-9-1-5-23(17-29)15-27-13-14-28(16-24-6-2-10-30(36)18-24)34(22-26-8-4-12-32(38)20-26)33(27)21-25-7-3-11-31(37)19-25/h1-14,17-20,35-38H,15-16,21-22H2. The van der Waals surface area contributed by atoms with Gasteiger partial charge in [0.05, 0.1) is 0 Å². The molecule has 5 aromatic carbocycles. The highest BCUT2D eigenvalue weighted by Gasteiger charge is 2.17. The van der Waals surface area contributed by atoms with E-state index in [1.165, 1.54) is 0 Å². The van der Waals surface area contributed by atoms with Crippen LogP contribution in [0.3, 0.4) is 0 Å². The Balaban J connectivity index is 1.66. The minimum Gasteiger partial charge on any atom is -0.508 e. The predicted octanol–water partition coefficient (Wildman–Crippen LogP) is 6.87. The maximum absolute atomic E-state index is 10.2. The van der Waals surface area contributed by atoms with Gasteiger partial charge in [0.25, 0.3) is 0 Å². The van der Waals surface area contributed by atoms with Crippen molar-refractivity contribution in [3.8, 4) is 23.0 Å². The molecule has 0 bridgehead atoms. The SMILES string of the molecule is Oc1cccc(Cc2ccc(Cc3cccc(O)c3)c(Cc3cccc(O)c3)c2Cc2cccc(O)c2)c1. The first-order valence-electron chi connectivity index (χ1n) is 12.7. The molecule has 5 aromatic rings. The van der Waals surface area contributed by atoms with E-state index in [0.29, 0.717) is 25.7 Å². The largest absolute Gasteiger partial charge is 0.508 e. The average molecular weight is 503 g/mol. The summed E-state index contributed by atoms with van der Waals surface area (Å²) in [7, 11) is 0. The third-order valence-electron chi connectivity index (χ3n) is 6.82. The van der Waals surface area contributed by atoms with Crippen molar-refractivity contribution in [1.82, 2.24) is 0 Å². The fourth-order valence-electron chi connectivity index (χ4n) is 5.08. The van der Waals surface area contributed by atoms with Gasteiger partial charge in [-0.15, -0.1) is 0 Å². The maximum Gasteiger partial charge on any atom is 0.115 e. The summed E-state index contributed by atoms with van der Waals surface area (Å²) in [4.78, 5) is 0. The highest BCUT2D eigenvalue weighted by molar-refractivity contribution is 5.50. The normalized spacial score (nSPS) is 10.9. The summed E-state index contributed by atoms with van der Waals surface area (Å²) in [6.45, 7) is 0. The molecule has 0 saturated heterocycles. The van der Waals surface area contributed by atoms with Crippen molar-refractivity contribution in [3.05, 3.63) is 154 Å². The molecule has 0 aliphatic rings. The molecule has 38 heavy (non-hydrogen) atoms. The average Bonchev–Trinajstić information content (AvgIpc) is 2.87. The molecule has 0 unspecified atom stereocenters. The molecule has 0 aliphatic heterocycles. The second kappa shape index (κ2) is 11.1. The molecule has 0 spiro atoms. The van der Waals surface area contributed by atoms with Crippen molar-refractivity contribution in [2.45, 2.75) is 25.7 Å². The van der Waals surface area contributed by atoms with E-state index < -0.39 is 0 Å². The van der Waals surface area contributed by atoms with E-state index in [9.17, 15) is 20.4 Å². The van der Waals surface area contributed by atoms with Gasteiger partial charge < -0.3 is 20.4 Å². The minimum atomic E-state index is 0.225. The molecular formula is C34H30O4. The molecule has 4 heteroatoms. The lowest BCUT2D eigenvalue weighted by molar-refractivity contribution is 0.474. The van der Waals surface area contributed by atoms with Gasteiger partial charge in [0.1, 0.15) is 23.0 Å². The molecule has 0 aliphatic carbocycles. The molecule has 0 aromatic heterocycles. The van der Waals surface area contributed by atoms with E-state index in [4.69, 9.17) is 0 Å². The molecule has 0 saturated carbocycles. The number of aromatic hydroxyl groups is 4. The Morgan fingerprint density at radius 2 is 0.632 bits per heavy atom. The minimum absolute atomic E-state index is 0.225. The lowest BCUT2D eigenvalue weighted by Crippen LogP contribution is -2.08. The van der Waals surface area contributed by atoms with E-state index in [1.54, 1.807) is 48.5 Å². The predicted molar refractivity (Wildman–Crippen MR) is 150 cm³/mol. The Hall–Kier alpha value is -4.70.